The van der Waals surface area contributed by atoms with E-state index in [0.717, 1.165) is 42.0 Å². The number of aromatic nitrogens is 1. The third-order valence-corrected chi connectivity index (χ3v) is 3.68. The Bertz CT molecular complexity index is 623. The van der Waals surface area contributed by atoms with Crippen LogP contribution in [0.25, 0.3) is 10.9 Å². The van der Waals surface area contributed by atoms with E-state index in [4.69, 9.17) is 0 Å². The van der Waals surface area contributed by atoms with Crippen molar-refractivity contribution in [1.82, 2.24) is 15.2 Å². The first-order chi connectivity index (χ1) is 9.25. The van der Waals surface area contributed by atoms with Gasteiger partial charge in [-0.05, 0) is 18.2 Å². The Morgan fingerprint density at radius 1 is 1.32 bits per heavy atom. The van der Waals surface area contributed by atoms with Gasteiger partial charge in [-0.2, -0.15) is 0 Å². The van der Waals surface area contributed by atoms with Crippen molar-refractivity contribution in [2.75, 3.05) is 26.2 Å². The number of pyridine rings is 1. The van der Waals surface area contributed by atoms with E-state index in [1.165, 1.54) is 0 Å². The second kappa shape index (κ2) is 5.19. The van der Waals surface area contributed by atoms with Crippen molar-refractivity contribution in [3.05, 3.63) is 36.0 Å². The van der Waals surface area contributed by atoms with E-state index in [2.05, 4.69) is 22.9 Å². The van der Waals surface area contributed by atoms with Crippen LogP contribution in [0.2, 0.25) is 0 Å². The van der Waals surface area contributed by atoms with Crippen molar-refractivity contribution in [2.24, 2.45) is 0 Å². The Morgan fingerprint density at radius 2 is 2.11 bits per heavy atom. The highest BCUT2D eigenvalue weighted by Crippen LogP contribution is 2.22. The van der Waals surface area contributed by atoms with Gasteiger partial charge in [0.25, 0.3) is 5.91 Å². The van der Waals surface area contributed by atoms with Crippen LogP contribution in [0, 0.1) is 0 Å². The molecule has 0 aliphatic carbocycles. The Morgan fingerprint density at radius 3 is 2.89 bits per heavy atom. The number of amides is 1. The van der Waals surface area contributed by atoms with Gasteiger partial charge in [0, 0.05) is 48.2 Å². The lowest BCUT2D eigenvalue weighted by molar-refractivity contribution is 0.0736. The smallest absolute Gasteiger partial charge is 0.254 e. The second-order valence-corrected chi connectivity index (χ2v) is 5.09. The van der Waals surface area contributed by atoms with E-state index >= 15 is 0 Å². The maximum absolute atomic E-state index is 12.4. The zero-order chi connectivity index (χ0) is 13.2. The van der Waals surface area contributed by atoms with Crippen LogP contribution < -0.4 is 5.32 Å². The van der Waals surface area contributed by atoms with Gasteiger partial charge in [0.15, 0.2) is 0 Å². The van der Waals surface area contributed by atoms with Gasteiger partial charge in [-0.1, -0.05) is 6.07 Å². The fourth-order valence-electron chi connectivity index (χ4n) is 2.35. The Labute approximate surface area is 117 Å². The molecule has 2 heterocycles. The first kappa shape index (κ1) is 12.4. The maximum Gasteiger partial charge on any atom is 0.254 e. The lowest BCUT2D eigenvalue weighted by atomic mass is 10.1. The van der Waals surface area contributed by atoms with E-state index < -0.39 is 0 Å². The number of nitrogens with zero attached hydrogens (tertiary/aromatic N) is 2. The Balaban J connectivity index is 1.98. The summed E-state index contributed by atoms with van der Waals surface area (Å²) in [4.78, 5) is 19.3. The number of piperazine rings is 1. The highest BCUT2D eigenvalue weighted by Gasteiger charge is 2.18. The summed E-state index contributed by atoms with van der Waals surface area (Å²) < 4.78 is 0. The molecule has 0 unspecified atom stereocenters. The summed E-state index contributed by atoms with van der Waals surface area (Å²) in [6, 6.07) is 7.53. The zero-order valence-corrected chi connectivity index (χ0v) is 11.4. The van der Waals surface area contributed by atoms with E-state index in [1.54, 1.807) is 6.20 Å². The number of fused-ring (bicyclic) bond motifs is 1. The summed E-state index contributed by atoms with van der Waals surface area (Å²) in [6.07, 6.45) is 1.74. The van der Waals surface area contributed by atoms with E-state index in [-0.39, 0.29) is 5.91 Å². The standard InChI is InChI=1S/C14H15N3OS/c18-14(17-6-4-15-5-7-17)11-8-10-2-1-3-16-13(10)12(19)9-11/h1-3,8-9,15,19H,4-7H2. The molecule has 1 N–H and O–H groups in total. The number of hydrogen-bond acceptors (Lipinski definition) is 4. The summed E-state index contributed by atoms with van der Waals surface area (Å²) in [5.74, 6) is 0.0718. The van der Waals surface area contributed by atoms with E-state index in [9.17, 15) is 4.79 Å². The van der Waals surface area contributed by atoms with Crippen molar-refractivity contribution >= 4 is 29.4 Å². The zero-order valence-electron chi connectivity index (χ0n) is 10.5. The number of hydrogen-bond donors (Lipinski definition) is 2. The van der Waals surface area contributed by atoms with E-state index in [0.29, 0.717) is 5.56 Å². The minimum absolute atomic E-state index is 0.0718. The molecule has 1 aliphatic heterocycles. The molecule has 0 spiro atoms. The summed E-state index contributed by atoms with van der Waals surface area (Å²) in [6.45, 7) is 3.22. The molecule has 1 amide bonds. The fourth-order valence-corrected chi connectivity index (χ4v) is 2.67. The summed E-state index contributed by atoms with van der Waals surface area (Å²) in [7, 11) is 0. The largest absolute Gasteiger partial charge is 0.336 e. The third-order valence-electron chi connectivity index (χ3n) is 3.34. The minimum Gasteiger partial charge on any atom is -0.336 e. The molecule has 0 saturated carbocycles. The molecule has 0 radical (unpaired) electrons. The summed E-state index contributed by atoms with van der Waals surface area (Å²) in [5, 5.41) is 4.20. The molecule has 0 bridgehead atoms. The first-order valence-corrected chi connectivity index (χ1v) is 6.78. The second-order valence-electron chi connectivity index (χ2n) is 4.61. The van der Waals surface area contributed by atoms with Crippen molar-refractivity contribution in [3.8, 4) is 0 Å². The molecule has 1 aromatic heterocycles. The SMILES string of the molecule is O=C(c1cc(S)c2ncccc2c1)N1CCNCC1. The lowest BCUT2D eigenvalue weighted by Crippen LogP contribution is -2.46. The molecule has 1 fully saturated rings. The van der Waals surface area contributed by atoms with Crippen LogP contribution in [0.4, 0.5) is 0 Å². The van der Waals surface area contributed by atoms with Crippen LogP contribution in [-0.2, 0) is 0 Å². The average Bonchev–Trinajstić information content (AvgIpc) is 2.47. The van der Waals surface area contributed by atoms with Crippen molar-refractivity contribution in [2.45, 2.75) is 4.90 Å². The minimum atomic E-state index is 0.0718. The molecular weight excluding hydrogens is 258 g/mol. The van der Waals surface area contributed by atoms with Gasteiger partial charge in [0.1, 0.15) is 0 Å². The van der Waals surface area contributed by atoms with E-state index in [1.807, 2.05) is 29.2 Å². The van der Waals surface area contributed by atoms with Crippen LogP contribution in [-0.4, -0.2) is 42.0 Å². The topological polar surface area (TPSA) is 45.2 Å². The van der Waals surface area contributed by atoms with Crippen LogP contribution in [0.5, 0.6) is 0 Å². The first-order valence-electron chi connectivity index (χ1n) is 6.33. The van der Waals surface area contributed by atoms with Gasteiger partial charge in [-0.3, -0.25) is 9.78 Å². The molecule has 4 nitrogen and oxygen atoms in total. The summed E-state index contributed by atoms with van der Waals surface area (Å²) >= 11 is 4.43. The predicted octanol–water partition coefficient (Wildman–Crippen LogP) is 1.57. The number of thiol groups is 1. The number of carbonyl (C=O) groups is 1. The Kier molecular flexibility index (Phi) is 3.40. The number of rotatable bonds is 1. The molecule has 5 heteroatoms. The van der Waals surface area contributed by atoms with Gasteiger partial charge in [0.2, 0.25) is 0 Å². The molecule has 1 saturated heterocycles. The molecule has 19 heavy (non-hydrogen) atoms. The van der Waals surface area contributed by atoms with Crippen molar-refractivity contribution < 1.29 is 4.79 Å². The number of nitrogens with one attached hydrogen (secondary N) is 1. The monoisotopic (exact) mass is 273 g/mol. The molecule has 1 aromatic carbocycles. The number of benzene rings is 1. The highest BCUT2D eigenvalue weighted by atomic mass is 32.1. The normalized spacial score (nSPS) is 15.7. The molecule has 1 aliphatic rings. The highest BCUT2D eigenvalue weighted by molar-refractivity contribution is 7.80. The summed E-state index contributed by atoms with van der Waals surface area (Å²) in [5.41, 5.74) is 1.52. The Hall–Kier alpha value is -1.59. The van der Waals surface area contributed by atoms with Crippen molar-refractivity contribution in [1.29, 1.82) is 0 Å². The average molecular weight is 273 g/mol. The van der Waals surface area contributed by atoms with Gasteiger partial charge >= 0.3 is 0 Å². The van der Waals surface area contributed by atoms with Gasteiger partial charge < -0.3 is 10.2 Å². The molecule has 0 atom stereocenters. The molecule has 98 valence electrons. The lowest BCUT2D eigenvalue weighted by Gasteiger charge is -2.27. The fraction of sp³-hybridized carbons (Fsp3) is 0.286. The number of carbonyl (C=O) groups excluding carboxylic acids is 1. The van der Waals surface area contributed by atoms with Crippen LogP contribution in [0.3, 0.4) is 0 Å². The van der Waals surface area contributed by atoms with Crippen LogP contribution in [0.15, 0.2) is 35.4 Å². The van der Waals surface area contributed by atoms with Crippen LogP contribution in [0.1, 0.15) is 10.4 Å². The van der Waals surface area contributed by atoms with Gasteiger partial charge in [0.05, 0.1) is 5.52 Å². The maximum atomic E-state index is 12.4. The molecule has 2 aromatic rings. The van der Waals surface area contributed by atoms with Crippen LogP contribution >= 0.6 is 12.6 Å². The predicted molar refractivity (Wildman–Crippen MR) is 77.8 cm³/mol. The molecule has 3 rings (SSSR count). The quantitative estimate of drug-likeness (QED) is 0.775. The van der Waals surface area contributed by atoms with Crippen molar-refractivity contribution in [3.63, 3.8) is 0 Å². The van der Waals surface area contributed by atoms with Gasteiger partial charge in [-0.15, -0.1) is 12.6 Å². The van der Waals surface area contributed by atoms with Gasteiger partial charge in [-0.25, -0.2) is 0 Å². The third kappa shape index (κ3) is 2.43. The molecular formula is C14H15N3OS.